The first-order valence-corrected chi connectivity index (χ1v) is 8.31. The van der Waals surface area contributed by atoms with Gasteiger partial charge in [-0.15, -0.1) is 0 Å². The number of nitro groups is 1. The second kappa shape index (κ2) is 8.61. The molecule has 0 bridgehead atoms. The van der Waals surface area contributed by atoms with Gasteiger partial charge in [0.2, 0.25) is 0 Å². The van der Waals surface area contributed by atoms with Gasteiger partial charge in [0.25, 0.3) is 17.5 Å². The Bertz CT molecular complexity index is 1090. The van der Waals surface area contributed by atoms with Crippen LogP contribution in [-0.2, 0) is 4.79 Å². The molecule has 0 aliphatic rings. The van der Waals surface area contributed by atoms with Crippen molar-refractivity contribution >= 4 is 23.6 Å². The van der Waals surface area contributed by atoms with Crippen LogP contribution < -0.4 is 10.9 Å². The van der Waals surface area contributed by atoms with Gasteiger partial charge in [-0.05, 0) is 42.5 Å². The van der Waals surface area contributed by atoms with Gasteiger partial charge in [-0.1, -0.05) is 12.1 Å². The number of nitrogens with one attached hydrogen (secondary N) is 2. The zero-order valence-corrected chi connectivity index (χ0v) is 14.8. The molecular formula is C20H14FN3O5. The molecule has 9 heteroatoms. The lowest BCUT2D eigenvalue weighted by molar-refractivity contribution is -0.384. The van der Waals surface area contributed by atoms with Gasteiger partial charge < -0.3 is 4.42 Å². The number of hydrazine groups is 1. The summed E-state index contributed by atoms with van der Waals surface area (Å²) in [5.74, 6) is -1.07. The molecule has 0 unspecified atom stereocenters. The number of amides is 2. The highest BCUT2D eigenvalue weighted by atomic mass is 19.1. The van der Waals surface area contributed by atoms with Gasteiger partial charge in [-0.25, -0.2) is 4.39 Å². The highest BCUT2D eigenvalue weighted by Crippen LogP contribution is 2.25. The third kappa shape index (κ3) is 4.92. The molecule has 0 fully saturated rings. The molecule has 2 aromatic carbocycles. The van der Waals surface area contributed by atoms with Crippen LogP contribution in [0.1, 0.15) is 16.1 Å². The minimum absolute atomic E-state index is 0.139. The number of furan rings is 1. The lowest BCUT2D eigenvalue weighted by atomic mass is 10.1. The van der Waals surface area contributed by atoms with Crippen LogP contribution in [0.5, 0.6) is 0 Å². The number of carbonyl (C=O) groups is 2. The summed E-state index contributed by atoms with van der Waals surface area (Å²) in [6.45, 7) is 0. The lowest BCUT2D eigenvalue weighted by Gasteiger charge is -2.04. The van der Waals surface area contributed by atoms with E-state index in [4.69, 9.17) is 4.42 Å². The lowest BCUT2D eigenvalue weighted by Crippen LogP contribution is -2.40. The first-order valence-electron chi connectivity index (χ1n) is 8.31. The molecule has 146 valence electrons. The van der Waals surface area contributed by atoms with E-state index in [2.05, 4.69) is 10.9 Å². The molecule has 0 radical (unpaired) electrons. The average Bonchev–Trinajstić information content (AvgIpc) is 3.19. The summed E-state index contributed by atoms with van der Waals surface area (Å²) in [6, 6.07) is 14.2. The number of carbonyl (C=O) groups excluding carboxylic acids is 2. The van der Waals surface area contributed by atoms with Crippen molar-refractivity contribution in [3.63, 3.8) is 0 Å². The molecule has 3 rings (SSSR count). The van der Waals surface area contributed by atoms with E-state index in [9.17, 15) is 24.1 Å². The second-order valence-corrected chi connectivity index (χ2v) is 5.76. The fourth-order valence-electron chi connectivity index (χ4n) is 2.37. The van der Waals surface area contributed by atoms with Crippen molar-refractivity contribution in [3.8, 4) is 11.3 Å². The molecule has 0 spiro atoms. The maximum atomic E-state index is 13.8. The molecule has 0 atom stereocenters. The molecule has 2 N–H and O–H groups in total. The summed E-state index contributed by atoms with van der Waals surface area (Å²) in [7, 11) is 0. The minimum atomic E-state index is -0.638. The number of nitrogens with zero attached hydrogens (tertiary/aromatic N) is 1. The minimum Gasteiger partial charge on any atom is -0.457 e. The molecule has 1 heterocycles. The number of non-ortho nitro benzene ring substituents is 1. The number of rotatable bonds is 5. The smallest absolute Gasteiger partial charge is 0.269 e. The van der Waals surface area contributed by atoms with Crippen LogP contribution in [0.25, 0.3) is 17.4 Å². The third-order valence-electron chi connectivity index (χ3n) is 3.80. The van der Waals surface area contributed by atoms with Gasteiger partial charge in [-0.3, -0.25) is 30.6 Å². The average molecular weight is 395 g/mol. The summed E-state index contributed by atoms with van der Waals surface area (Å²) >= 11 is 0. The number of hydrogen-bond acceptors (Lipinski definition) is 5. The molecule has 1 aromatic heterocycles. The zero-order valence-electron chi connectivity index (χ0n) is 14.8. The normalized spacial score (nSPS) is 10.7. The molecule has 0 saturated carbocycles. The van der Waals surface area contributed by atoms with E-state index < -0.39 is 22.6 Å². The van der Waals surface area contributed by atoms with E-state index in [0.717, 1.165) is 6.08 Å². The Labute approximate surface area is 163 Å². The van der Waals surface area contributed by atoms with Crippen LogP contribution in [0.3, 0.4) is 0 Å². The van der Waals surface area contributed by atoms with Crippen LogP contribution in [-0.4, -0.2) is 16.7 Å². The van der Waals surface area contributed by atoms with Gasteiger partial charge in [0, 0.05) is 23.8 Å². The standard InChI is InChI=1S/C20H14FN3O5/c21-17-4-2-1-3-16(17)18-11-9-15(29-18)10-12-19(25)22-23-20(26)13-5-7-14(8-6-13)24(27)28/h1-12H,(H,22,25)(H,23,26)/b12-10+. The van der Waals surface area contributed by atoms with Gasteiger partial charge in [0.15, 0.2) is 0 Å². The highest BCUT2D eigenvalue weighted by Gasteiger charge is 2.10. The molecule has 0 aliphatic carbocycles. The Morgan fingerprint density at radius 3 is 2.41 bits per heavy atom. The predicted molar refractivity (Wildman–Crippen MR) is 102 cm³/mol. The fraction of sp³-hybridized carbons (Fsp3) is 0. The Morgan fingerprint density at radius 2 is 1.72 bits per heavy atom. The van der Waals surface area contributed by atoms with Crippen molar-refractivity contribution in [2.45, 2.75) is 0 Å². The molecule has 8 nitrogen and oxygen atoms in total. The second-order valence-electron chi connectivity index (χ2n) is 5.76. The van der Waals surface area contributed by atoms with E-state index in [1.165, 1.54) is 36.4 Å². The first kappa shape index (κ1) is 19.5. The fourth-order valence-corrected chi connectivity index (χ4v) is 2.37. The predicted octanol–water partition coefficient (Wildman–Crippen LogP) is 3.47. The van der Waals surface area contributed by atoms with Crippen LogP contribution in [0, 0.1) is 15.9 Å². The Balaban J connectivity index is 1.55. The van der Waals surface area contributed by atoms with E-state index in [1.807, 2.05) is 0 Å². The van der Waals surface area contributed by atoms with Gasteiger partial charge >= 0.3 is 0 Å². The summed E-state index contributed by atoms with van der Waals surface area (Å²) < 4.78 is 19.2. The zero-order chi connectivity index (χ0) is 20.8. The van der Waals surface area contributed by atoms with Crippen LogP contribution in [0.4, 0.5) is 10.1 Å². The van der Waals surface area contributed by atoms with Crippen molar-refractivity contribution in [2.75, 3.05) is 0 Å². The summed E-state index contributed by atoms with van der Waals surface area (Å²) in [5, 5.41) is 10.6. The van der Waals surface area contributed by atoms with E-state index in [-0.39, 0.29) is 11.3 Å². The van der Waals surface area contributed by atoms with Crippen molar-refractivity contribution in [3.05, 3.63) is 94.0 Å². The summed E-state index contributed by atoms with van der Waals surface area (Å²) in [5.41, 5.74) is 4.64. The van der Waals surface area contributed by atoms with Crippen molar-refractivity contribution in [1.29, 1.82) is 0 Å². The molecular weight excluding hydrogens is 381 g/mol. The van der Waals surface area contributed by atoms with Crippen LogP contribution in [0.2, 0.25) is 0 Å². The van der Waals surface area contributed by atoms with E-state index in [1.54, 1.807) is 30.3 Å². The van der Waals surface area contributed by atoms with Crippen LogP contribution in [0.15, 0.2) is 71.2 Å². The van der Waals surface area contributed by atoms with E-state index in [0.29, 0.717) is 17.1 Å². The Morgan fingerprint density at radius 1 is 1.00 bits per heavy atom. The molecule has 0 saturated heterocycles. The maximum Gasteiger partial charge on any atom is 0.269 e. The number of benzene rings is 2. The van der Waals surface area contributed by atoms with Gasteiger partial charge in [-0.2, -0.15) is 0 Å². The Hall–Kier alpha value is -4.27. The van der Waals surface area contributed by atoms with Crippen LogP contribution >= 0.6 is 0 Å². The van der Waals surface area contributed by atoms with E-state index >= 15 is 0 Å². The highest BCUT2D eigenvalue weighted by molar-refractivity contribution is 5.97. The Kier molecular flexibility index (Phi) is 5.79. The molecule has 0 aliphatic heterocycles. The van der Waals surface area contributed by atoms with Crippen molar-refractivity contribution < 1.29 is 23.3 Å². The molecule has 3 aromatic rings. The maximum absolute atomic E-state index is 13.8. The number of nitro benzene ring substituents is 1. The number of halogens is 1. The quantitative estimate of drug-likeness (QED) is 0.390. The topological polar surface area (TPSA) is 114 Å². The largest absolute Gasteiger partial charge is 0.457 e. The molecule has 2 amide bonds. The summed E-state index contributed by atoms with van der Waals surface area (Å²) in [6.07, 6.45) is 2.48. The number of hydrogen-bond donors (Lipinski definition) is 2. The van der Waals surface area contributed by atoms with Gasteiger partial charge in [0.1, 0.15) is 17.3 Å². The monoisotopic (exact) mass is 395 g/mol. The third-order valence-corrected chi connectivity index (χ3v) is 3.80. The first-order chi connectivity index (χ1) is 13.9. The molecule has 29 heavy (non-hydrogen) atoms. The van der Waals surface area contributed by atoms with Gasteiger partial charge in [0.05, 0.1) is 10.5 Å². The van der Waals surface area contributed by atoms with Crippen molar-refractivity contribution in [2.24, 2.45) is 0 Å². The SMILES string of the molecule is O=C(/C=C/c1ccc(-c2ccccc2F)o1)NNC(=O)c1ccc([N+](=O)[O-])cc1. The van der Waals surface area contributed by atoms with Crippen molar-refractivity contribution in [1.82, 2.24) is 10.9 Å². The summed E-state index contributed by atoms with van der Waals surface area (Å²) in [4.78, 5) is 33.8.